The summed E-state index contributed by atoms with van der Waals surface area (Å²) < 4.78 is 0. The molecule has 0 N–H and O–H groups in total. The summed E-state index contributed by atoms with van der Waals surface area (Å²) in [5, 5.41) is 12.9. The normalized spacial score (nSPS) is 16.2. The fraction of sp³-hybridized carbons (Fsp3) is 0.150. The molecule has 0 fully saturated rings. The van der Waals surface area contributed by atoms with Crippen LogP contribution in [0.4, 0.5) is 5.69 Å². The minimum absolute atomic E-state index is 0.0140. The average Bonchev–Trinajstić information content (AvgIpc) is 3.16. The number of carbonyl (C=O) groups is 1. The molecule has 1 amide bonds. The van der Waals surface area contributed by atoms with Gasteiger partial charge in [-0.2, -0.15) is 0 Å². The third kappa shape index (κ3) is 2.88. The molecule has 0 unspecified atom stereocenters. The predicted molar refractivity (Wildman–Crippen MR) is 100 cm³/mol. The lowest BCUT2D eigenvalue weighted by Crippen LogP contribution is -2.40. The highest BCUT2D eigenvalue weighted by Gasteiger charge is 2.33. The van der Waals surface area contributed by atoms with Crippen molar-refractivity contribution in [2.45, 2.75) is 12.5 Å². The molecule has 3 aromatic rings. The van der Waals surface area contributed by atoms with Crippen molar-refractivity contribution in [3.8, 4) is 0 Å². The van der Waals surface area contributed by atoms with Crippen molar-refractivity contribution in [2.24, 2.45) is 0 Å². The Bertz CT molecular complexity index is 951. The van der Waals surface area contributed by atoms with Gasteiger partial charge in [0.25, 0.3) is 11.6 Å². The highest BCUT2D eigenvalue weighted by atomic mass is 32.1. The Kier molecular flexibility index (Phi) is 4.26. The van der Waals surface area contributed by atoms with E-state index in [1.807, 2.05) is 35.2 Å². The quantitative estimate of drug-likeness (QED) is 0.510. The second-order valence-electron chi connectivity index (χ2n) is 6.16. The van der Waals surface area contributed by atoms with Crippen LogP contribution in [0.2, 0.25) is 0 Å². The predicted octanol–water partition coefficient (Wildman–Crippen LogP) is 4.44. The summed E-state index contributed by atoms with van der Waals surface area (Å²) in [6.45, 7) is 0.628. The Morgan fingerprint density at radius 1 is 1.08 bits per heavy atom. The second kappa shape index (κ2) is 6.72. The van der Waals surface area contributed by atoms with E-state index in [1.165, 1.54) is 34.7 Å². The van der Waals surface area contributed by atoms with Crippen LogP contribution in [-0.4, -0.2) is 22.3 Å². The van der Waals surface area contributed by atoms with Crippen LogP contribution in [-0.2, 0) is 6.42 Å². The monoisotopic (exact) mass is 364 g/mol. The molecule has 130 valence electrons. The van der Waals surface area contributed by atoms with E-state index in [-0.39, 0.29) is 17.6 Å². The molecule has 1 atom stereocenters. The first-order valence-corrected chi connectivity index (χ1v) is 9.20. The number of thiophene rings is 1. The third-order valence-electron chi connectivity index (χ3n) is 4.67. The lowest BCUT2D eigenvalue weighted by Gasteiger charge is -2.36. The summed E-state index contributed by atoms with van der Waals surface area (Å²) in [5.41, 5.74) is 2.69. The summed E-state index contributed by atoms with van der Waals surface area (Å²) in [7, 11) is 0. The van der Waals surface area contributed by atoms with Gasteiger partial charge in [0.05, 0.1) is 11.0 Å². The maximum absolute atomic E-state index is 13.2. The molecule has 26 heavy (non-hydrogen) atoms. The largest absolute Gasteiger partial charge is 0.327 e. The van der Waals surface area contributed by atoms with Crippen LogP contribution in [0.3, 0.4) is 0 Å². The number of benzene rings is 2. The number of fused-ring (bicyclic) bond motifs is 1. The molecule has 5 nitrogen and oxygen atoms in total. The number of rotatable bonds is 3. The summed E-state index contributed by atoms with van der Waals surface area (Å²) in [6.07, 6.45) is 0.828. The van der Waals surface area contributed by atoms with Gasteiger partial charge in [0, 0.05) is 29.1 Å². The van der Waals surface area contributed by atoms with E-state index in [4.69, 9.17) is 0 Å². The van der Waals surface area contributed by atoms with Crippen LogP contribution in [0.5, 0.6) is 0 Å². The van der Waals surface area contributed by atoms with Gasteiger partial charge in [0.15, 0.2) is 0 Å². The van der Waals surface area contributed by atoms with Crippen molar-refractivity contribution in [3.05, 3.63) is 97.7 Å². The van der Waals surface area contributed by atoms with Gasteiger partial charge in [-0.05, 0) is 41.1 Å². The lowest BCUT2D eigenvalue weighted by atomic mass is 9.92. The maximum Gasteiger partial charge on any atom is 0.269 e. The zero-order valence-electron chi connectivity index (χ0n) is 13.9. The van der Waals surface area contributed by atoms with Crippen LogP contribution in [0, 0.1) is 10.1 Å². The Morgan fingerprint density at radius 2 is 1.81 bits per heavy atom. The van der Waals surface area contributed by atoms with E-state index in [2.05, 4.69) is 11.4 Å². The molecule has 4 rings (SSSR count). The zero-order chi connectivity index (χ0) is 18.1. The number of hydrogen-bond donors (Lipinski definition) is 0. The number of carbonyl (C=O) groups excluding carboxylic acids is 1. The topological polar surface area (TPSA) is 63.4 Å². The molecule has 0 spiro atoms. The Morgan fingerprint density at radius 3 is 2.50 bits per heavy atom. The van der Waals surface area contributed by atoms with Crippen LogP contribution in [0.25, 0.3) is 0 Å². The maximum atomic E-state index is 13.2. The summed E-state index contributed by atoms with van der Waals surface area (Å²) >= 11 is 1.73. The van der Waals surface area contributed by atoms with E-state index in [9.17, 15) is 14.9 Å². The van der Waals surface area contributed by atoms with Gasteiger partial charge in [0.2, 0.25) is 0 Å². The van der Waals surface area contributed by atoms with Crippen molar-refractivity contribution in [1.29, 1.82) is 0 Å². The summed E-state index contributed by atoms with van der Waals surface area (Å²) in [4.78, 5) is 26.7. The first kappa shape index (κ1) is 16.5. The molecular formula is C20H16N2O3S. The molecule has 6 heteroatoms. The van der Waals surface area contributed by atoms with Gasteiger partial charge >= 0.3 is 0 Å². The third-order valence-corrected chi connectivity index (χ3v) is 5.66. The van der Waals surface area contributed by atoms with Gasteiger partial charge in [-0.1, -0.05) is 30.3 Å². The molecular weight excluding hydrogens is 348 g/mol. The molecule has 0 bridgehead atoms. The van der Waals surface area contributed by atoms with E-state index in [0.717, 1.165) is 12.0 Å². The van der Waals surface area contributed by atoms with Crippen molar-refractivity contribution < 1.29 is 9.72 Å². The van der Waals surface area contributed by atoms with Gasteiger partial charge in [-0.15, -0.1) is 11.3 Å². The van der Waals surface area contributed by atoms with Crippen molar-refractivity contribution in [3.63, 3.8) is 0 Å². The number of hydrogen-bond acceptors (Lipinski definition) is 4. The molecule has 2 heterocycles. The number of non-ortho nitro benzene ring substituents is 1. The van der Waals surface area contributed by atoms with Crippen LogP contribution < -0.4 is 0 Å². The molecule has 2 aromatic carbocycles. The highest BCUT2D eigenvalue weighted by molar-refractivity contribution is 7.10. The minimum atomic E-state index is -0.459. The van der Waals surface area contributed by atoms with Gasteiger partial charge in [-0.25, -0.2) is 0 Å². The standard InChI is InChI=1S/C20H16N2O3S/c23-20(15-6-8-16(9-7-15)22(24)25)21-12-10-18-17(11-13-26-18)19(21)14-4-2-1-3-5-14/h1-9,11,13,19H,10,12H2/t19-/m0/s1. The van der Waals surface area contributed by atoms with Gasteiger partial charge in [-0.3, -0.25) is 14.9 Å². The first-order chi connectivity index (χ1) is 12.6. The van der Waals surface area contributed by atoms with Crippen LogP contribution >= 0.6 is 11.3 Å². The van der Waals surface area contributed by atoms with Crippen molar-refractivity contribution in [1.82, 2.24) is 4.90 Å². The van der Waals surface area contributed by atoms with E-state index in [1.54, 1.807) is 11.3 Å². The van der Waals surface area contributed by atoms with E-state index >= 15 is 0 Å². The number of nitrogens with zero attached hydrogens (tertiary/aromatic N) is 2. The number of amides is 1. The molecule has 0 saturated heterocycles. The highest BCUT2D eigenvalue weighted by Crippen LogP contribution is 2.38. The van der Waals surface area contributed by atoms with E-state index < -0.39 is 4.92 Å². The van der Waals surface area contributed by atoms with Gasteiger partial charge in [0.1, 0.15) is 0 Å². The average molecular weight is 364 g/mol. The smallest absolute Gasteiger partial charge is 0.269 e. The van der Waals surface area contributed by atoms with Crippen LogP contribution in [0.1, 0.15) is 32.4 Å². The second-order valence-corrected chi connectivity index (χ2v) is 7.17. The zero-order valence-corrected chi connectivity index (χ0v) is 14.7. The molecule has 1 aliphatic rings. The Hall–Kier alpha value is -2.99. The Balaban J connectivity index is 1.72. The first-order valence-electron chi connectivity index (χ1n) is 8.32. The fourth-order valence-electron chi connectivity index (χ4n) is 3.42. The lowest BCUT2D eigenvalue weighted by molar-refractivity contribution is -0.384. The summed E-state index contributed by atoms with van der Waals surface area (Å²) in [5.74, 6) is -0.106. The summed E-state index contributed by atoms with van der Waals surface area (Å²) in [6, 6.07) is 17.8. The minimum Gasteiger partial charge on any atom is -0.327 e. The SMILES string of the molecule is O=C(c1ccc([N+](=O)[O-])cc1)N1CCc2sccc2[C@@H]1c1ccccc1. The van der Waals surface area contributed by atoms with Gasteiger partial charge < -0.3 is 4.90 Å². The molecule has 0 saturated carbocycles. The van der Waals surface area contributed by atoms with Crippen LogP contribution in [0.15, 0.2) is 66.0 Å². The van der Waals surface area contributed by atoms with Crippen molar-refractivity contribution in [2.75, 3.05) is 6.54 Å². The Labute approximate surface area is 154 Å². The molecule has 1 aliphatic heterocycles. The molecule has 1 aromatic heterocycles. The molecule has 0 aliphatic carbocycles. The van der Waals surface area contributed by atoms with Crippen molar-refractivity contribution >= 4 is 22.9 Å². The number of nitro groups is 1. The van der Waals surface area contributed by atoms with E-state index in [0.29, 0.717) is 12.1 Å². The molecule has 0 radical (unpaired) electrons. The number of nitro benzene ring substituents is 1. The fourth-order valence-corrected chi connectivity index (χ4v) is 4.33.